The summed E-state index contributed by atoms with van der Waals surface area (Å²) >= 11 is 6.03. The quantitative estimate of drug-likeness (QED) is 0.0481. The number of phenolic OH excluding ortho intramolecular Hbond substituents is 1. The van der Waals surface area contributed by atoms with Gasteiger partial charge in [0.25, 0.3) is 20.1 Å². The molecule has 19 heteroatoms. The molecule has 6 N–H and O–H groups in total. The molecule has 0 amide bonds. The van der Waals surface area contributed by atoms with Gasteiger partial charge in [0.2, 0.25) is 17.2 Å². The van der Waals surface area contributed by atoms with Crippen LogP contribution in [0.4, 0.5) is 40.3 Å². The molecule has 48 heavy (non-hydrogen) atoms. The third-order valence-corrected chi connectivity index (χ3v) is 9.63. The van der Waals surface area contributed by atoms with E-state index in [1.807, 2.05) is 0 Å². The Hall–Kier alpha value is -5.14. The smallest absolute Gasteiger partial charge is 0.296 e. The van der Waals surface area contributed by atoms with Crippen molar-refractivity contribution in [3.8, 4) is 5.75 Å². The van der Waals surface area contributed by atoms with Crippen molar-refractivity contribution in [3.05, 3.63) is 78.1 Å². The Balaban J connectivity index is 1.53. The first-order valence-corrected chi connectivity index (χ1v) is 17.1. The summed E-state index contributed by atoms with van der Waals surface area (Å²) in [7, 11) is -5.96. The molecule has 250 valence electrons. The van der Waals surface area contributed by atoms with Gasteiger partial charge in [0, 0.05) is 32.5 Å². The van der Waals surface area contributed by atoms with Crippen molar-refractivity contribution < 1.29 is 31.2 Å². The number of nitrogens with two attached hydrogens (primary N) is 1. The van der Waals surface area contributed by atoms with Crippen molar-refractivity contribution in [1.82, 2.24) is 15.0 Å². The summed E-state index contributed by atoms with van der Waals surface area (Å²) in [5, 5.41) is 25.2. The molecular formula is C29H28ClN9O7S2. The van der Waals surface area contributed by atoms with E-state index in [0.717, 1.165) is 16.4 Å². The number of nitrogens with zero attached hydrogens (tertiary/aromatic N) is 6. The van der Waals surface area contributed by atoms with E-state index in [2.05, 4.69) is 35.8 Å². The first-order chi connectivity index (χ1) is 22.8. The molecule has 0 saturated heterocycles. The second kappa shape index (κ2) is 13.9. The van der Waals surface area contributed by atoms with Crippen molar-refractivity contribution in [3.63, 3.8) is 0 Å². The molecule has 0 saturated carbocycles. The summed E-state index contributed by atoms with van der Waals surface area (Å²) < 4.78 is 67.2. The molecular weight excluding hydrogens is 686 g/mol. The summed E-state index contributed by atoms with van der Waals surface area (Å²) in [5.74, 6) is -0.317. The second-order valence-electron chi connectivity index (χ2n) is 10.0. The Bertz CT molecular complexity index is 2240. The molecule has 0 radical (unpaired) electrons. The zero-order chi connectivity index (χ0) is 34.6. The van der Waals surface area contributed by atoms with Crippen molar-refractivity contribution in [2.75, 3.05) is 48.0 Å². The highest BCUT2D eigenvalue weighted by Gasteiger charge is 2.24. The molecule has 0 bridgehead atoms. The zero-order valence-electron chi connectivity index (χ0n) is 25.2. The second-order valence-corrected chi connectivity index (χ2v) is 13.7. The highest BCUT2D eigenvalue weighted by atomic mass is 35.5. The van der Waals surface area contributed by atoms with Crippen molar-refractivity contribution in [1.29, 1.82) is 0 Å². The normalized spacial score (nSPS) is 12.0. The maximum atomic E-state index is 13.4. The summed E-state index contributed by atoms with van der Waals surface area (Å²) in [6, 6.07) is 17.4. The maximum Gasteiger partial charge on any atom is 0.296 e. The molecule has 16 nitrogen and oxygen atoms in total. The van der Waals surface area contributed by atoms with Gasteiger partial charge in [0.05, 0.1) is 28.3 Å². The summed E-state index contributed by atoms with van der Waals surface area (Å²) in [6.07, 6.45) is 0. The van der Waals surface area contributed by atoms with Gasteiger partial charge >= 0.3 is 0 Å². The van der Waals surface area contributed by atoms with Gasteiger partial charge in [-0.2, -0.15) is 23.4 Å². The highest BCUT2D eigenvalue weighted by molar-refractivity contribution is 7.92. The Kier molecular flexibility index (Phi) is 9.92. The Morgan fingerprint density at radius 1 is 0.958 bits per heavy atom. The molecule has 0 aliphatic rings. The fourth-order valence-electron chi connectivity index (χ4n) is 4.48. The third-order valence-electron chi connectivity index (χ3n) is 6.80. The average molecular weight is 714 g/mol. The Morgan fingerprint density at radius 2 is 1.69 bits per heavy atom. The SMILES string of the molecule is COCCNc1nc(Cl)nc(Nc2ccc(S(=O)(=O)O)c(N=Nc3c(N)ccc4cc(S(=O)(=O)N(C)c5ccccc5)cc(O)c34)c2)n1. The molecule has 0 atom stereocenters. The number of anilines is 5. The number of nitrogens with one attached hydrogen (secondary N) is 2. The summed E-state index contributed by atoms with van der Waals surface area (Å²) in [6.45, 7) is 0.765. The fourth-order valence-corrected chi connectivity index (χ4v) is 6.50. The van der Waals surface area contributed by atoms with Crippen molar-refractivity contribution >= 4 is 82.8 Å². The molecule has 5 rings (SSSR count). The number of methoxy groups -OCH3 is 1. The Morgan fingerprint density at radius 3 is 2.40 bits per heavy atom. The molecule has 1 heterocycles. The van der Waals surface area contributed by atoms with E-state index < -0.39 is 30.8 Å². The number of nitrogen functional groups attached to an aromatic ring is 1. The van der Waals surface area contributed by atoms with Gasteiger partial charge in [-0.25, -0.2) is 8.42 Å². The number of halogens is 1. The number of benzene rings is 4. The number of ether oxygens (including phenoxy) is 1. The van der Waals surface area contributed by atoms with Crippen LogP contribution in [-0.2, 0) is 24.9 Å². The van der Waals surface area contributed by atoms with Crippen LogP contribution in [0.2, 0.25) is 5.28 Å². The summed E-state index contributed by atoms with van der Waals surface area (Å²) in [4.78, 5) is 11.4. The topological polar surface area (TPSA) is 235 Å². The maximum absolute atomic E-state index is 13.4. The van der Waals surface area contributed by atoms with Crippen LogP contribution in [0.3, 0.4) is 0 Å². The van der Waals surface area contributed by atoms with Gasteiger partial charge in [0.15, 0.2) is 0 Å². The molecule has 1 aromatic heterocycles. The van der Waals surface area contributed by atoms with E-state index in [-0.39, 0.29) is 55.6 Å². The molecule has 0 aliphatic heterocycles. The van der Waals surface area contributed by atoms with E-state index in [1.165, 1.54) is 44.5 Å². The van der Waals surface area contributed by atoms with Crippen LogP contribution >= 0.6 is 11.6 Å². The first-order valence-electron chi connectivity index (χ1n) is 13.8. The molecule has 0 aliphatic carbocycles. The van der Waals surface area contributed by atoms with E-state index in [1.54, 1.807) is 30.3 Å². The minimum atomic E-state index is -4.79. The van der Waals surface area contributed by atoms with Crippen LogP contribution in [0.15, 0.2) is 92.8 Å². The van der Waals surface area contributed by atoms with E-state index in [0.29, 0.717) is 18.8 Å². The van der Waals surface area contributed by atoms with E-state index in [9.17, 15) is 26.5 Å². The summed E-state index contributed by atoms with van der Waals surface area (Å²) in [5.41, 5.74) is 6.45. The number of aromatic hydroxyl groups is 1. The number of sulfonamides is 1. The van der Waals surface area contributed by atoms with E-state index >= 15 is 0 Å². The fraction of sp³-hybridized carbons (Fsp3) is 0.138. The number of hydrogen-bond donors (Lipinski definition) is 5. The van der Waals surface area contributed by atoms with Gasteiger partial charge < -0.3 is 26.2 Å². The standard InChI is InChI=1S/C29H28ClN9O7S2/c1-39(19-6-4-3-5-7-19)47(41,42)20-14-17-8-10-21(31)26(25(17)23(40)16-20)38-37-22-15-18(9-11-24(22)48(43,44)45)33-29-35-27(30)34-28(36-29)32-12-13-46-2/h3-11,14-16,40H,12-13,31H2,1-2H3,(H,43,44,45)(H2,32,33,34,35,36). The van der Waals surface area contributed by atoms with Gasteiger partial charge in [0.1, 0.15) is 22.0 Å². The number of para-hydroxylation sites is 1. The lowest BCUT2D eigenvalue weighted by molar-refractivity contribution is 0.210. The minimum Gasteiger partial charge on any atom is -0.507 e. The predicted octanol–water partition coefficient (Wildman–Crippen LogP) is 5.26. The van der Waals surface area contributed by atoms with Crippen LogP contribution in [0.1, 0.15) is 0 Å². The predicted molar refractivity (Wildman–Crippen MR) is 181 cm³/mol. The zero-order valence-corrected chi connectivity index (χ0v) is 27.6. The van der Waals surface area contributed by atoms with Crippen molar-refractivity contribution in [2.24, 2.45) is 10.2 Å². The van der Waals surface area contributed by atoms with Crippen LogP contribution in [-0.4, -0.2) is 68.8 Å². The number of phenols is 1. The lowest BCUT2D eigenvalue weighted by Gasteiger charge is -2.20. The molecule has 0 spiro atoms. The lowest BCUT2D eigenvalue weighted by atomic mass is 10.1. The first kappa shape index (κ1) is 34.2. The van der Waals surface area contributed by atoms with Crippen LogP contribution in [0.5, 0.6) is 5.75 Å². The van der Waals surface area contributed by atoms with Crippen LogP contribution in [0, 0.1) is 0 Å². The van der Waals surface area contributed by atoms with Gasteiger partial charge in [-0.1, -0.05) is 24.3 Å². The number of rotatable bonds is 12. The Labute approximate surface area is 280 Å². The number of fused-ring (bicyclic) bond motifs is 1. The monoisotopic (exact) mass is 713 g/mol. The lowest BCUT2D eigenvalue weighted by Crippen LogP contribution is -2.26. The molecule has 4 aromatic carbocycles. The van der Waals surface area contributed by atoms with Gasteiger partial charge in [-0.05, 0) is 59.5 Å². The minimum absolute atomic E-state index is 0.00398. The molecule has 0 unspecified atom stereocenters. The third kappa shape index (κ3) is 7.53. The van der Waals surface area contributed by atoms with Gasteiger partial charge in [-0.15, -0.1) is 10.2 Å². The van der Waals surface area contributed by atoms with Crippen molar-refractivity contribution in [2.45, 2.75) is 9.79 Å². The number of hydrogen-bond acceptors (Lipinski definition) is 14. The molecule has 5 aromatic rings. The van der Waals surface area contributed by atoms with Crippen LogP contribution < -0.4 is 20.7 Å². The largest absolute Gasteiger partial charge is 0.507 e. The van der Waals surface area contributed by atoms with E-state index in [4.69, 9.17) is 22.1 Å². The number of azo groups is 1. The number of aromatic nitrogens is 3. The average Bonchev–Trinajstić information content (AvgIpc) is 3.03. The molecule has 0 fully saturated rings. The highest BCUT2D eigenvalue weighted by Crippen LogP contribution is 2.41. The van der Waals surface area contributed by atoms with Gasteiger partial charge in [-0.3, -0.25) is 8.86 Å². The van der Waals surface area contributed by atoms with Crippen LogP contribution in [0.25, 0.3) is 10.8 Å².